The highest BCUT2D eigenvalue weighted by Crippen LogP contribution is 2.29. The van der Waals surface area contributed by atoms with E-state index in [1.54, 1.807) is 24.3 Å². The molecular weight excluding hydrogens is 505 g/mol. The Morgan fingerprint density at radius 2 is 1.60 bits per heavy atom. The number of sulfonamides is 1. The van der Waals surface area contributed by atoms with Crippen LogP contribution in [0.3, 0.4) is 0 Å². The lowest BCUT2D eigenvalue weighted by Crippen LogP contribution is -2.26. The Morgan fingerprint density at radius 1 is 0.971 bits per heavy atom. The molecule has 0 aliphatic heterocycles. The number of halogens is 4. The molecule has 0 heterocycles. The number of hydrogen-bond donors (Lipinski definition) is 2. The summed E-state index contributed by atoms with van der Waals surface area (Å²) >= 11 is 5.95. The van der Waals surface area contributed by atoms with Crippen molar-refractivity contribution in [1.29, 1.82) is 0 Å². The Labute approximate surface area is 206 Å². The van der Waals surface area contributed by atoms with Crippen LogP contribution in [0.15, 0.2) is 71.6 Å². The Hall–Kier alpha value is -3.08. The van der Waals surface area contributed by atoms with Crippen LogP contribution in [0, 0.1) is 0 Å². The van der Waals surface area contributed by atoms with Gasteiger partial charge in [0.1, 0.15) is 5.75 Å². The first kappa shape index (κ1) is 26.5. The first-order chi connectivity index (χ1) is 16.5. The second kappa shape index (κ2) is 11.1. The van der Waals surface area contributed by atoms with Gasteiger partial charge in [-0.05, 0) is 60.0 Å². The second-order valence-electron chi connectivity index (χ2n) is 7.51. The van der Waals surface area contributed by atoms with E-state index in [9.17, 15) is 26.4 Å². The fourth-order valence-corrected chi connectivity index (χ4v) is 4.37. The summed E-state index contributed by atoms with van der Waals surface area (Å²) in [4.78, 5) is 12.4. The highest BCUT2D eigenvalue weighted by atomic mass is 35.5. The number of alkyl halides is 3. The average Bonchev–Trinajstić information content (AvgIpc) is 2.83. The zero-order chi connectivity index (χ0) is 25.6. The molecule has 0 radical (unpaired) electrons. The lowest BCUT2D eigenvalue weighted by atomic mass is 10.1. The molecule has 0 aromatic heterocycles. The van der Waals surface area contributed by atoms with E-state index in [0.717, 1.165) is 17.7 Å². The summed E-state index contributed by atoms with van der Waals surface area (Å²) in [5, 5.41) is 3.17. The van der Waals surface area contributed by atoms with Gasteiger partial charge in [0.15, 0.2) is 0 Å². The molecule has 0 fully saturated rings. The summed E-state index contributed by atoms with van der Waals surface area (Å²) in [7, 11) is -2.41. The molecule has 3 aromatic carbocycles. The van der Waals surface area contributed by atoms with Crippen molar-refractivity contribution < 1.29 is 31.1 Å². The number of benzene rings is 3. The van der Waals surface area contributed by atoms with Crippen molar-refractivity contribution in [2.24, 2.45) is 0 Å². The van der Waals surface area contributed by atoms with Crippen LogP contribution in [0.5, 0.6) is 5.75 Å². The lowest BCUT2D eigenvalue weighted by molar-refractivity contribution is -0.137. The lowest BCUT2D eigenvalue weighted by Gasteiger charge is -2.11. The van der Waals surface area contributed by atoms with E-state index < -0.39 is 21.8 Å². The number of carbonyl (C=O) groups excluding carboxylic acids is 1. The van der Waals surface area contributed by atoms with Crippen molar-refractivity contribution in [3.8, 4) is 5.75 Å². The van der Waals surface area contributed by atoms with Gasteiger partial charge in [0, 0.05) is 18.1 Å². The van der Waals surface area contributed by atoms with Gasteiger partial charge in [-0.2, -0.15) is 13.2 Å². The number of ether oxygens (including phenoxy) is 1. The summed E-state index contributed by atoms with van der Waals surface area (Å²) in [6, 6.07) is 15.1. The van der Waals surface area contributed by atoms with Crippen LogP contribution in [-0.2, 0) is 29.2 Å². The second-order valence-corrected chi connectivity index (χ2v) is 9.72. The zero-order valence-corrected chi connectivity index (χ0v) is 20.1. The molecule has 0 aliphatic rings. The Kier molecular flexibility index (Phi) is 8.42. The van der Waals surface area contributed by atoms with E-state index in [2.05, 4.69) is 10.0 Å². The molecule has 11 heteroatoms. The van der Waals surface area contributed by atoms with Crippen LogP contribution in [0.4, 0.5) is 13.2 Å². The van der Waals surface area contributed by atoms with Crippen LogP contribution in [0.2, 0.25) is 5.02 Å². The zero-order valence-electron chi connectivity index (χ0n) is 18.5. The molecule has 0 saturated heterocycles. The molecular formula is C24H22ClF3N2O4S. The van der Waals surface area contributed by atoms with Gasteiger partial charge in [0.05, 0.1) is 23.1 Å². The Morgan fingerprint density at radius 3 is 2.20 bits per heavy atom. The van der Waals surface area contributed by atoms with Crippen molar-refractivity contribution in [2.75, 3.05) is 13.7 Å². The molecule has 3 aromatic rings. The van der Waals surface area contributed by atoms with Crippen molar-refractivity contribution in [3.63, 3.8) is 0 Å². The van der Waals surface area contributed by atoms with Crippen LogP contribution in [0.25, 0.3) is 0 Å². The van der Waals surface area contributed by atoms with E-state index in [0.29, 0.717) is 34.9 Å². The summed E-state index contributed by atoms with van der Waals surface area (Å²) in [5.41, 5.74) is 0.693. The summed E-state index contributed by atoms with van der Waals surface area (Å²) in [6.45, 7) is 0.147. The molecule has 6 nitrogen and oxygen atoms in total. The highest BCUT2D eigenvalue weighted by Gasteiger charge is 2.30. The number of hydrogen-bond acceptors (Lipinski definition) is 4. The summed E-state index contributed by atoms with van der Waals surface area (Å²) < 4.78 is 70.5. The maximum atomic E-state index is 12.6. The van der Waals surface area contributed by atoms with Gasteiger partial charge < -0.3 is 10.1 Å². The van der Waals surface area contributed by atoms with Gasteiger partial charge in [-0.3, -0.25) is 4.79 Å². The maximum absolute atomic E-state index is 12.6. The third-order valence-corrected chi connectivity index (χ3v) is 6.74. The normalized spacial score (nSPS) is 11.8. The minimum atomic E-state index is -4.45. The minimum Gasteiger partial charge on any atom is -0.496 e. The largest absolute Gasteiger partial charge is 0.496 e. The standard InChI is InChI=1S/C24H22ClF3N2O4S/c1-34-22-11-8-19(25)14-21(22)23(31)29-13-12-16-4-9-20(10-5-16)35(32,33)30-15-17-2-6-18(7-3-17)24(26,27)28/h2-11,14,30H,12-13,15H2,1H3,(H,29,31). The number of amides is 1. The van der Waals surface area contributed by atoms with Gasteiger partial charge in [-0.25, -0.2) is 13.1 Å². The van der Waals surface area contributed by atoms with Crippen molar-refractivity contribution in [2.45, 2.75) is 24.0 Å². The van der Waals surface area contributed by atoms with E-state index in [1.807, 2.05) is 0 Å². The van der Waals surface area contributed by atoms with Crippen LogP contribution in [0.1, 0.15) is 27.0 Å². The van der Waals surface area contributed by atoms with Gasteiger partial charge in [-0.15, -0.1) is 0 Å². The van der Waals surface area contributed by atoms with E-state index in [1.165, 1.54) is 37.4 Å². The summed E-state index contributed by atoms with van der Waals surface area (Å²) in [5.74, 6) is 0.0428. The topological polar surface area (TPSA) is 84.5 Å². The number of methoxy groups -OCH3 is 1. The molecule has 0 atom stereocenters. The predicted octanol–water partition coefficient (Wildman–Crippen LogP) is 4.82. The van der Waals surface area contributed by atoms with Crippen molar-refractivity contribution in [3.05, 3.63) is 94.0 Å². The molecule has 0 spiro atoms. The molecule has 35 heavy (non-hydrogen) atoms. The van der Waals surface area contributed by atoms with Crippen LogP contribution in [-0.4, -0.2) is 28.0 Å². The first-order valence-corrected chi connectivity index (χ1v) is 12.2. The van der Waals surface area contributed by atoms with Gasteiger partial charge in [0.25, 0.3) is 5.91 Å². The monoisotopic (exact) mass is 526 g/mol. The fourth-order valence-electron chi connectivity index (χ4n) is 3.18. The molecule has 2 N–H and O–H groups in total. The Balaban J connectivity index is 1.54. The quantitative estimate of drug-likeness (QED) is 0.419. The molecule has 1 amide bonds. The third-order valence-electron chi connectivity index (χ3n) is 5.09. The van der Waals surface area contributed by atoms with E-state index >= 15 is 0 Å². The molecule has 0 aliphatic carbocycles. The molecule has 3 rings (SSSR count). The Bertz CT molecular complexity index is 1280. The fraction of sp³-hybridized carbons (Fsp3) is 0.208. The first-order valence-electron chi connectivity index (χ1n) is 10.4. The minimum absolute atomic E-state index is 0.0147. The maximum Gasteiger partial charge on any atom is 0.416 e. The van der Waals surface area contributed by atoms with E-state index in [-0.39, 0.29) is 17.3 Å². The predicted molar refractivity (Wildman–Crippen MR) is 126 cm³/mol. The molecule has 0 unspecified atom stereocenters. The molecule has 0 saturated carbocycles. The summed E-state index contributed by atoms with van der Waals surface area (Å²) in [6.07, 6.45) is -4.00. The van der Waals surface area contributed by atoms with Gasteiger partial charge in [0.2, 0.25) is 10.0 Å². The van der Waals surface area contributed by atoms with Gasteiger partial charge >= 0.3 is 6.18 Å². The number of rotatable bonds is 9. The van der Waals surface area contributed by atoms with Gasteiger partial charge in [-0.1, -0.05) is 35.9 Å². The third kappa shape index (κ3) is 7.20. The SMILES string of the molecule is COc1ccc(Cl)cc1C(=O)NCCc1ccc(S(=O)(=O)NCc2ccc(C(F)(F)F)cc2)cc1. The number of carbonyl (C=O) groups is 1. The smallest absolute Gasteiger partial charge is 0.416 e. The van der Waals surface area contributed by atoms with E-state index in [4.69, 9.17) is 16.3 Å². The molecule has 0 bridgehead atoms. The van der Waals surface area contributed by atoms with Crippen LogP contribution < -0.4 is 14.8 Å². The number of nitrogens with one attached hydrogen (secondary N) is 2. The van der Waals surface area contributed by atoms with Crippen molar-refractivity contribution >= 4 is 27.5 Å². The highest BCUT2D eigenvalue weighted by molar-refractivity contribution is 7.89. The van der Waals surface area contributed by atoms with Crippen molar-refractivity contribution in [1.82, 2.24) is 10.0 Å². The average molecular weight is 527 g/mol. The van der Waals surface area contributed by atoms with Crippen LogP contribution >= 0.6 is 11.6 Å². The molecule has 186 valence electrons.